The molecule has 7 heteroatoms. The lowest BCUT2D eigenvalue weighted by atomic mass is 10.1. The van der Waals surface area contributed by atoms with Crippen molar-refractivity contribution >= 4 is 39.1 Å². The highest BCUT2D eigenvalue weighted by atomic mass is 32.1. The molecule has 6 nitrogen and oxygen atoms in total. The predicted octanol–water partition coefficient (Wildman–Crippen LogP) is 4.25. The number of para-hydroxylation sites is 1. The first-order chi connectivity index (χ1) is 12.3. The van der Waals surface area contributed by atoms with E-state index < -0.39 is 0 Å². The molecule has 0 aliphatic rings. The molecule has 0 spiro atoms. The zero-order chi connectivity index (χ0) is 17.1. The maximum Gasteiger partial charge on any atom is 0.324 e. The number of thiazole rings is 1. The quantitative estimate of drug-likeness (QED) is 0.515. The van der Waals surface area contributed by atoms with E-state index in [-0.39, 0.29) is 6.03 Å². The number of carbonyl (C=O) groups excluding carboxylic acids is 1. The summed E-state index contributed by atoms with van der Waals surface area (Å²) < 4.78 is 1.20. The van der Waals surface area contributed by atoms with E-state index in [1.165, 1.54) is 4.70 Å². The Labute approximate surface area is 147 Å². The van der Waals surface area contributed by atoms with E-state index in [9.17, 15) is 4.79 Å². The van der Waals surface area contributed by atoms with Crippen molar-refractivity contribution in [3.05, 3.63) is 71.4 Å². The molecular weight excluding hydrogens is 334 g/mol. The fraction of sp³-hybridized carbons (Fsp3) is 0.0556. The van der Waals surface area contributed by atoms with E-state index in [0.717, 1.165) is 28.2 Å². The number of hydrogen-bond donors (Lipinski definition) is 3. The van der Waals surface area contributed by atoms with Gasteiger partial charge in [-0.15, -0.1) is 11.3 Å². The van der Waals surface area contributed by atoms with Gasteiger partial charge >= 0.3 is 6.03 Å². The molecule has 0 radical (unpaired) electrons. The summed E-state index contributed by atoms with van der Waals surface area (Å²) in [4.78, 5) is 16.5. The lowest BCUT2D eigenvalue weighted by molar-refractivity contribution is 0.262. The summed E-state index contributed by atoms with van der Waals surface area (Å²) in [5.41, 5.74) is 2.92. The van der Waals surface area contributed by atoms with Crippen LogP contribution in [0.1, 0.15) is 10.6 Å². The summed E-state index contributed by atoms with van der Waals surface area (Å²) in [7, 11) is 0. The molecular formula is C18H15N5OS. The normalized spacial score (nSPS) is 10.7. The molecule has 2 heterocycles. The molecule has 3 N–H and O–H groups in total. The number of nitrogens with one attached hydrogen (secondary N) is 3. The highest BCUT2D eigenvalue weighted by Gasteiger charge is 2.06. The third-order valence-electron chi connectivity index (χ3n) is 3.65. The molecule has 2 amide bonds. The highest BCUT2D eigenvalue weighted by molar-refractivity contribution is 7.18. The Morgan fingerprint density at radius 2 is 1.88 bits per heavy atom. The minimum atomic E-state index is -0.317. The van der Waals surface area contributed by atoms with Crippen LogP contribution in [0.25, 0.3) is 10.2 Å². The number of anilines is 2. The van der Waals surface area contributed by atoms with Crippen LogP contribution in [0.2, 0.25) is 0 Å². The molecule has 4 rings (SSSR count). The monoisotopic (exact) mass is 349 g/mol. The third-order valence-corrected chi connectivity index (χ3v) is 4.69. The van der Waals surface area contributed by atoms with Crippen LogP contribution in [-0.2, 0) is 6.42 Å². The number of aromatic nitrogens is 3. The van der Waals surface area contributed by atoms with Gasteiger partial charge in [0.15, 0.2) is 0 Å². The largest absolute Gasteiger partial charge is 0.324 e. The number of benzene rings is 2. The van der Waals surface area contributed by atoms with Crippen LogP contribution in [0.15, 0.2) is 60.8 Å². The van der Waals surface area contributed by atoms with Gasteiger partial charge in [0, 0.05) is 18.2 Å². The molecule has 25 heavy (non-hydrogen) atoms. The van der Waals surface area contributed by atoms with Crippen molar-refractivity contribution < 1.29 is 4.79 Å². The van der Waals surface area contributed by atoms with E-state index in [1.54, 1.807) is 23.6 Å². The Kier molecular flexibility index (Phi) is 4.14. The number of hydrogen-bond acceptors (Lipinski definition) is 4. The van der Waals surface area contributed by atoms with Crippen LogP contribution >= 0.6 is 11.3 Å². The molecule has 0 aliphatic carbocycles. The molecule has 0 saturated heterocycles. The summed E-state index contributed by atoms with van der Waals surface area (Å²) in [6.45, 7) is 0. The molecule has 0 bridgehead atoms. The average Bonchev–Trinajstić information content (AvgIpc) is 3.25. The standard InChI is InChI=1S/C18H15N5OS/c24-18(22-16-9-10-19-23-16)20-13-7-5-12(6-8-13)11-17-21-14-3-1-2-4-15(14)25-17/h1-10H,11H2,(H3,19,20,22,23,24). The third kappa shape index (κ3) is 3.67. The molecule has 2 aromatic carbocycles. The van der Waals surface area contributed by atoms with Crippen molar-refractivity contribution in [1.29, 1.82) is 0 Å². The van der Waals surface area contributed by atoms with Crippen molar-refractivity contribution in [3.63, 3.8) is 0 Å². The Balaban J connectivity index is 1.40. The van der Waals surface area contributed by atoms with Crippen molar-refractivity contribution in [2.45, 2.75) is 6.42 Å². The predicted molar refractivity (Wildman–Crippen MR) is 100 cm³/mol. The van der Waals surface area contributed by atoms with Gasteiger partial charge in [-0.3, -0.25) is 10.4 Å². The summed E-state index contributed by atoms with van der Waals surface area (Å²) in [6, 6.07) is 17.3. The van der Waals surface area contributed by atoms with E-state index in [0.29, 0.717) is 5.82 Å². The number of fused-ring (bicyclic) bond motifs is 1. The maximum atomic E-state index is 11.9. The van der Waals surface area contributed by atoms with Crippen LogP contribution < -0.4 is 10.6 Å². The topological polar surface area (TPSA) is 82.7 Å². The summed E-state index contributed by atoms with van der Waals surface area (Å²) in [5.74, 6) is 0.546. The van der Waals surface area contributed by atoms with Crippen molar-refractivity contribution in [1.82, 2.24) is 15.2 Å². The minimum absolute atomic E-state index is 0.317. The Morgan fingerprint density at radius 3 is 2.64 bits per heavy atom. The molecule has 4 aromatic rings. The number of urea groups is 1. The van der Waals surface area contributed by atoms with Crippen LogP contribution in [0.3, 0.4) is 0 Å². The first kappa shape index (κ1) is 15.3. The zero-order valence-electron chi connectivity index (χ0n) is 13.2. The van der Waals surface area contributed by atoms with Gasteiger partial charge in [0.2, 0.25) is 0 Å². The molecule has 0 unspecified atom stereocenters. The molecule has 0 fully saturated rings. The van der Waals surface area contributed by atoms with Crippen molar-refractivity contribution in [2.24, 2.45) is 0 Å². The molecule has 0 atom stereocenters. The lowest BCUT2D eigenvalue weighted by Crippen LogP contribution is -2.19. The first-order valence-corrected chi connectivity index (χ1v) is 8.59. The first-order valence-electron chi connectivity index (χ1n) is 7.77. The van der Waals surface area contributed by atoms with E-state index in [1.807, 2.05) is 42.5 Å². The second kappa shape index (κ2) is 6.74. The van der Waals surface area contributed by atoms with E-state index >= 15 is 0 Å². The van der Waals surface area contributed by atoms with Gasteiger partial charge in [0.05, 0.1) is 21.4 Å². The van der Waals surface area contributed by atoms with Gasteiger partial charge < -0.3 is 5.32 Å². The van der Waals surface area contributed by atoms with Crippen LogP contribution in [-0.4, -0.2) is 21.2 Å². The van der Waals surface area contributed by atoms with Gasteiger partial charge in [-0.1, -0.05) is 24.3 Å². The number of aromatic amines is 1. The van der Waals surface area contributed by atoms with Crippen LogP contribution in [0.5, 0.6) is 0 Å². The molecule has 2 aromatic heterocycles. The van der Waals surface area contributed by atoms with Gasteiger partial charge in [-0.2, -0.15) is 5.10 Å². The van der Waals surface area contributed by atoms with Crippen LogP contribution in [0, 0.1) is 0 Å². The fourth-order valence-corrected chi connectivity index (χ4v) is 3.49. The minimum Gasteiger partial charge on any atom is -0.308 e. The lowest BCUT2D eigenvalue weighted by Gasteiger charge is -2.06. The van der Waals surface area contributed by atoms with Crippen LogP contribution in [0.4, 0.5) is 16.3 Å². The molecule has 0 aliphatic heterocycles. The van der Waals surface area contributed by atoms with Gasteiger partial charge in [-0.25, -0.2) is 9.78 Å². The molecule has 0 saturated carbocycles. The Bertz CT molecular complexity index is 959. The smallest absolute Gasteiger partial charge is 0.308 e. The van der Waals surface area contributed by atoms with Gasteiger partial charge in [0.25, 0.3) is 0 Å². The summed E-state index contributed by atoms with van der Waals surface area (Å²) in [6.07, 6.45) is 2.35. The van der Waals surface area contributed by atoms with Crippen molar-refractivity contribution in [3.8, 4) is 0 Å². The van der Waals surface area contributed by atoms with Gasteiger partial charge in [-0.05, 0) is 29.8 Å². The van der Waals surface area contributed by atoms with E-state index in [2.05, 4.69) is 31.9 Å². The summed E-state index contributed by atoms with van der Waals surface area (Å²) >= 11 is 1.71. The fourth-order valence-electron chi connectivity index (χ4n) is 2.49. The zero-order valence-corrected chi connectivity index (χ0v) is 14.0. The Morgan fingerprint density at radius 1 is 1.04 bits per heavy atom. The second-order valence-corrected chi connectivity index (χ2v) is 6.61. The van der Waals surface area contributed by atoms with Gasteiger partial charge in [0.1, 0.15) is 5.82 Å². The number of rotatable bonds is 4. The van der Waals surface area contributed by atoms with E-state index in [4.69, 9.17) is 0 Å². The summed E-state index contributed by atoms with van der Waals surface area (Å²) in [5, 5.41) is 13.0. The molecule has 124 valence electrons. The SMILES string of the molecule is O=C(Nc1ccc(Cc2nc3ccccc3s2)cc1)Nc1ccn[nH]1. The highest BCUT2D eigenvalue weighted by Crippen LogP contribution is 2.24. The maximum absolute atomic E-state index is 11.9. The average molecular weight is 349 g/mol. The Hall–Kier alpha value is -3.19. The second-order valence-electron chi connectivity index (χ2n) is 5.50. The number of carbonyl (C=O) groups is 1. The number of H-pyrrole nitrogens is 1. The van der Waals surface area contributed by atoms with Crippen molar-refractivity contribution in [2.75, 3.05) is 10.6 Å². The number of nitrogens with zero attached hydrogens (tertiary/aromatic N) is 2. The number of amides is 2.